The summed E-state index contributed by atoms with van der Waals surface area (Å²) in [5.74, 6) is 0.715. The minimum atomic E-state index is -2.95. The monoisotopic (exact) mass is 472 g/mol. The molecule has 8 heteroatoms. The molecule has 0 spiro atoms. The van der Waals surface area contributed by atoms with E-state index in [-0.39, 0.29) is 17.5 Å². The van der Waals surface area contributed by atoms with E-state index in [1.54, 1.807) is 24.5 Å². The van der Waals surface area contributed by atoms with Crippen molar-refractivity contribution in [2.75, 3.05) is 6.61 Å². The van der Waals surface area contributed by atoms with Crippen LogP contribution in [0.1, 0.15) is 35.6 Å². The van der Waals surface area contributed by atoms with E-state index in [0.717, 1.165) is 29.5 Å². The number of pyridine rings is 1. The van der Waals surface area contributed by atoms with E-state index in [2.05, 4.69) is 14.4 Å². The van der Waals surface area contributed by atoms with E-state index in [0.29, 0.717) is 23.8 Å². The lowest BCUT2D eigenvalue weighted by atomic mass is 10.00. The first kappa shape index (κ1) is 23.3. The number of hydrogen-bond acceptors (Lipinski definition) is 4. The predicted octanol–water partition coefficient (Wildman–Crippen LogP) is 5.38. The molecule has 1 aliphatic carbocycles. The van der Waals surface area contributed by atoms with Crippen LogP contribution in [-0.4, -0.2) is 22.4 Å². The SMILES string of the molecule is Cc1ccc(S(=O)N[C@H](Cc2ccncc2)c2ccc(OC(F)F)c(OCC3CC3)c2)cc1. The smallest absolute Gasteiger partial charge is 0.387 e. The highest BCUT2D eigenvalue weighted by atomic mass is 32.2. The largest absolute Gasteiger partial charge is 0.489 e. The number of alkyl halides is 2. The van der Waals surface area contributed by atoms with E-state index in [4.69, 9.17) is 4.74 Å². The molecule has 0 amide bonds. The summed E-state index contributed by atoms with van der Waals surface area (Å²) in [6.45, 7) is -0.516. The summed E-state index contributed by atoms with van der Waals surface area (Å²) in [5.41, 5.74) is 2.84. The fourth-order valence-corrected chi connectivity index (χ4v) is 4.38. The maximum absolute atomic E-state index is 13.1. The number of halogens is 2. The van der Waals surface area contributed by atoms with Crippen molar-refractivity contribution in [2.24, 2.45) is 5.92 Å². The van der Waals surface area contributed by atoms with Crippen LogP contribution in [0.4, 0.5) is 8.78 Å². The number of benzene rings is 2. The van der Waals surface area contributed by atoms with Gasteiger partial charge in [-0.3, -0.25) is 4.98 Å². The lowest BCUT2D eigenvalue weighted by molar-refractivity contribution is -0.0515. The molecule has 0 saturated heterocycles. The number of nitrogens with zero attached hydrogens (tertiary/aromatic N) is 1. The molecule has 4 rings (SSSR count). The van der Waals surface area contributed by atoms with Crippen LogP contribution in [0.25, 0.3) is 0 Å². The zero-order valence-electron chi connectivity index (χ0n) is 18.2. The highest BCUT2D eigenvalue weighted by molar-refractivity contribution is 7.83. The van der Waals surface area contributed by atoms with Crippen LogP contribution in [0.5, 0.6) is 11.5 Å². The summed E-state index contributed by atoms with van der Waals surface area (Å²) in [6.07, 6.45) is 6.08. The number of aromatic nitrogens is 1. The summed E-state index contributed by atoms with van der Waals surface area (Å²) < 4.78 is 52.6. The van der Waals surface area contributed by atoms with Gasteiger partial charge < -0.3 is 9.47 Å². The van der Waals surface area contributed by atoms with E-state index in [1.807, 2.05) is 43.3 Å². The average Bonchev–Trinajstić information content (AvgIpc) is 3.63. The number of aryl methyl sites for hydroxylation is 1. The highest BCUT2D eigenvalue weighted by Crippen LogP contribution is 2.36. The molecule has 1 fully saturated rings. The third-order valence-corrected chi connectivity index (χ3v) is 6.63. The first-order chi connectivity index (χ1) is 16.0. The van der Waals surface area contributed by atoms with Gasteiger partial charge in [-0.2, -0.15) is 8.78 Å². The molecule has 1 aromatic heterocycles. The van der Waals surface area contributed by atoms with Crippen LogP contribution in [0, 0.1) is 12.8 Å². The van der Waals surface area contributed by atoms with Gasteiger partial charge in [0.1, 0.15) is 11.0 Å². The standard InChI is InChI=1S/C25H26F2N2O3S/c1-17-2-7-21(8-3-17)33(30)29-22(14-18-10-12-28-13-11-18)20-6-9-23(32-25(26)27)24(15-20)31-16-19-4-5-19/h2-3,6-13,15,19,22,25,29H,4-5,14,16H2,1H3/t22-,33?/m1/s1. The highest BCUT2D eigenvalue weighted by Gasteiger charge is 2.24. The normalized spacial score (nSPS) is 15.3. The Labute approximate surface area is 194 Å². The minimum absolute atomic E-state index is 0.00304. The molecule has 2 atom stereocenters. The van der Waals surface area contributed by atoms with Crippen LogP contribution >= 0.6 is 0 Å². The molecule has 174 valence electrons. The van der Waals surface area contributed by atoms with Gasteiger partial charge in [0.15, 0.2) is 11.5 Å². The lowest BCUT2D eigenvalue weighted by Gasteiger charge is -2.21. The van der Waals surface area contributed by atoms with Gasteiger partial charge in [-0.1, -0.05) is 23.8 Å². The van der Waals surface area contributed by atoms with Crippen molar-refractivity contribution in [1.82, 2.24) is 9.71 Å². The molecule has 33 heavy (non-hydrogen) atoms. The topological polar surface area (TPSA) is 60.5 Å². The number of nitrogens with one attached hydrogen (secondary N) is 1. The zero-order chi connectivity index (χ0) is 23.2. The second-order valence-electron chi connectivity index (χ2n) is 8.15. The Morgan fingerprint density at radius 2 is 1.79 bits per heavy atom. The molecule has 1 aliphatic rings. The van der Waals surface area contributed by atoms with Gasteiger partial charge >= 0.3 is 6.61 Å². The van der Waals surface area contributed by atoms with Gasteiger partial charge in [0.25, 0.3) is 0 Å². The summed E-state index contributed by atoms with van der Waals surface area (Å²) in [6, 6.07) is 15.8. The second-order valence-corrected chi connectivity index (χ2v) is 9.40. The molecule has 5 nitrogen and oxygen atoms in total. The second kappa shape index (κ2) is 10.9. The molecule has 1 heterocycles. The number of ether oxygens (including phenoxy) is 2. The maximum atomic E-state index is 13.1. The Morgan fingerprint density at radius 1 is 1.06 bits per heavy atom. The van der Waals surface area contributed by atoms with Crippen LogP contribution in [0.15, 0.2) is 71.9 Å². The summed E-state index contributed by atoms with van der Waals surface area (Å²) in [5, 5.41) is 0. The first-order valence-electron chi connectivity index (χ1n) is 10.8. The van der Waals surface area contributed by atoms with Gasteiger partial charge in [-0.25, -0.2) is 8.93 Å². The number of rotatable bonds is 11. The fraction of sp³-hybridized carbons (Fsp3) is 0.320. The Kier molecular flexibility index (Phi) is 7.67. The molecule has 3 aromatic rings. The van der Waals surface area contributed by atoms with Crippen molar-refractivity contribution in [3.8, 4) is 11.5 Å². The predicted molar refractivity (Wildman–Crippen MR) is 123 cm³/mol. The van der Waals surface area contributed by atoms with Gasteiger partial charge in [0.05, 0.1) is 11.5 Å². The Hall–Kier alpha value is -2.84. The summed E-state index contributed by atoms with van der Waals surface area (Å²) in [4.78, 5) is 4.71. The maximum Gasteiger partial charge on any atom is 0.387 e. The Morgan fingerprint density at radius 3 is 2.45 bits per heavy atom. The van der Waals surface area contributed by atoms with Gasteiger partial charge in [0, 0.05) is 18.4 Å². The van der Waals surface area contributed by atoms with Crippen molar-refractivity contribution in [2.45, 2.75) is 43.7 Å². The fourth-order valence-electron chi connectivity index (χ4n) is 3.38. The van der Waals surface area contributed by atoms with Gasteiger partial charge in [0.2, 0.25) is 0 Å². The van der Waals surface area contributed by atoms with Gasteiger partial charge in [-0.15, -0.1) is 0 Å². The molecule has 1 unspecified atom stereocenters. The summed E-state index contributed by atoms with van der Waals surface area (Å²) in [7, 11) is -1.48. The molecule has 0 radical (unpaired) electrons. The van der Waals surface area contributed by atoms with Crippen molar-refractivity contribution < 1.29 is 22.5 Å². The van der Waals surface area contributed by atoms with Crippen molar-refractivity contribution >= 4 is 11.0 Å². The Bertz CT molecular complexity index is 1080. The van der Waals surface area contributed by atoms with E-state index in [1.165, 1.54) is 6.07 Å². The number of hydrogen-bond donors (Lipinski definition) is 1. The quantitative estimate of drug-likeness (QED) is 0.407. The van der Waals surface area contributed by atoms with E-state index in [9.17, 15) is 13.0 Å². The third kappa shape index (κ3) is 6.82. The first-order valence-corrected chi connectivity index (χ1v) is 12.0. The van der Waals surface area contributed by atoms with Crippen molar-refractivity contribution in [3.05, 3.63) is 83.7 Å². The lowest BCUT2D eigenvalue weighted by Crippen LogP contribution is -2.26. The van der Waals surface area contributed by atoms with Crippen LogP contribution < -0.4 is 14.2 Å². The van der Waals surface area contributed by atoms with Crippen molar-refractivity contribution in [3.63, 3.8) is 0 Å². The molecular weight excluding hydrogens is 446 g/mol. The van der Waals surface area contributed by atoms with Crippen LogP contribution in [-0.2, 0) is 17.4 Å². The summed E-state index contributed by atoms with van der Waals surface area (Å²) >= 11 is 0. The Balaban J connectivity index is 1.62. The molecule has 1 saturated carbocycles. The molecule has 2 aromatic carbocycles. The molecule has 1 N–H and O–H groups in total. The minimum Gasteiger partial charge on any atom is -0.489 e. The van der Waals surface area contributed by atoms with E-state index >= 15 is 0 Å². The van der Waals surface area contributed by atoms with E-state index < -0.39 is 17.6 Å². The molecular formula is C25H26F2N2O3S. The molecule has 0 bridgehead atoms. The third-order valence-electron chi connectivity index (χ3n) is 5.43. The average molecular weight is 473 g/mol. The van der Waals surface area contributed by atoms with Gasteiger partial charge in [-0.05, 0) is 79.6 Å². The van der Waals surface area contributed by atoms with Crippen LogP contribution in [0.3, 0.4) is 0 Å². The van der Waals surface area contributed by atoms with Crippen LogP contribution in [0.2, 0.25) is 0 Å². The van der Waals surface area contributed by atoms with Crippen molar-refractivity contribution in [1.29, 1.82) is 0 Å². The molecule has 0 aliphatic heterocycles. The zero-order valence-corrected chi connectivity index (χ0v) is 19.1.